The van der Waals surface area contributed by atoms with E-state index in [2.05, 4.69) is 20.8 Å². The maximum Gasteiger partial charge on any atom is 0.414 e. The number of aryl methyl sites for hydroxylation is 1. The molecule has 0 bridgehead atoms. The fourth-order valence-electron chi connectivity index (χ4n) is 4.53. The molecule has 152 valence electrons. The Labute approximate surface area is 166 Å². The van der Waals surface area contributed by atoms with Crippen molar-refractivity contribution in [3.63, 3.8) is 0 Å². The van der Waals surface area contributed by atoms with E-state index in [1.807, 2.05) is 0 Å². The highest BCUT2D eigenvalue weighted by Crippen LogP contribution is 2.37. The van der Waals surface area contributed by atoms with Gasteiger partial charge in [0.25, 0.3) is 0 Å². The number of carbonyl (C=O) groups excluding carboxylic acids is 2. The molecule has 4 nitrogen and oxygen atoms in total. The number of ether oxygens (including phenoxy) is 1. The Morgan fingerprint density at radius 3 is 2.71 bits per heavy atom. The maximum absolute atomic E-state index is 13.5. The Hall–Kier alpha value is -2.17. The molecule has 0 saturated heterocycles. The molecular formula is C23H30FNO3. The first kappa shape index (κ1) is 20.6. The summed E-state index contributed by atoms with van der Waals surface area (Å²) < 4.78 is 19.5. The molecular weight excluding hydrogens is 357 g/mol. The summed E-state index contributed by atoms with van der Waals surface area (Å²) in [6, 6.07) is 3.98. The minimum absolute atomic E-state index is 0.0517. The highest BCUT2D eigenvalue weighted by molar-refractivity contribution is 5.92. The van der Waals surface area contributed by atoms with E-state index in [1.165, 1.54) is 29.3 Å². The predicted octanol–water partition coefficient (Wildman–Crippen LogP) is 5.56. The van der Waals surface area contributed by atoms with Gasteiger partial charge in [-0.15, -0.1) is 0 Å². The zero-order chi connectivity index (χ0) is 20.4. The molecule has 0 radical (unpaired) electrons. The molecule has 1 saturated carbocycles. The van der Waals surface area contributed by atoms with Crippen LogP contribution in [-0.4, -0.2) is 22.9 Å². The summed E-state index contributed by atoms with van der Waals surface area (Å²) in [5.41, 5.74) is 1.49. The first-order valence-corrected chi connectivity index (χ1v) is 10.2. The van der Waals surface area contributed by atoms with Crippen LogP contribution in [0.4, 0.5) is 9.18 Å². The van der Waals surface area contributed by atoms with Crippen LogP contribution in [0, 0.1) is 30.5 Å². The fraction of sp³-hybridized carbons (Fsp3) is 0.565. The predicted molar refractivity (Wildman–Crippen MR) is 106 cm³/mol. The summed E-state index contributed by atoms with van der Waals surface area (Å²) in [6.45, 7) is 8.33. The minimum atomic E-state index is -0.468. The normalized spacial score (nSPS) is 27.9. The molecule has 28 heavy (non-hydrogen) atoms. The molecule has 3 rings (SSSR count). The second-order valence-electron chi connectivity index (χ2n) is 8.66. The molecule has 1 aromatic carbocycles. The van der Waals surface area contributed by atoms with E-state index in [-0.39, 0.29) is 24.1 Å². The second-order valence-corrected chi connectivity index (χ2v) is 8.66. The smallest absolute Gasteiger partial charge is 0.414 e. The lowest BCUT2D eigenvalue weighted by molar-refractivity contribution is -0.116. The summed E-state index contributed by atoms with van der Waals surface area (Å²) in [4.78, 5) is 26.6. The molecule has 4 atom stereocenters. The van der Waals surface area contributed by atoms with Crippen LogP contribution in [0.2, 0.25) is 0 Å². The number of ketones is 1. The van der Waals surface area contributed by atoms with E-state index in [1.54, 1.807) is 13.0 Å². The minimum Gasteiger partial charge on any atom is -0.446 e. The SMILES string of the molecule is Cc1cc(F)ccc1[C@@H]1CC(=O)C=CN1C(=O)O[C@@H]1C[C@H](C)CC[C@H]1C(C)C. The van der Waals surface area contributed by atoms with Gasteiger partial charge in [-0.2, -0.15) is 0 Å². The molecule has 1 aromatic rings. The van der Waals surface area contributed by atoms with Crippen molar-refractivity contribution in [3.05, 3.63) is 47.4 Å². The van der Waals surface area contributed by atoms with Crippen LogP contribution in [0.15, 0.2) is 30.5 Å². The lowest BCUT2D eigenvalue weighted by Crippen LogP contribution is -2.41. The van der Waals surface area contributed by atoms with Gasteiger partial charge < -0.3 is 4.74 Å². The lowest BCUT2D eigenvalue weighted by atomic mass is 9.75. The van der Waals surface area contributed by atoms with Crippen molar-refractivity contribution in [2.45, 2.75) is 65.5 Å². The van der Waals surface area contributed by atoms with Crippen LogP contribution in [0.5, 0.6) is 0 Å². The Morgan fingerprint density at radius 2 is 2.04 bits per heavy atom. The number of amides is 1. The number of allylic oxidation sites excluding steroid dienone is 1. The van der Waals surface area contributed by atoms with Crippen molar-refractivity contribution in [3.8, 4) is 0 Å². The molecule has 1 fully saturated rings. The Morgan fingerprint density at radius 1 is 1.29 bits per heavy atom. The van der Waals surface area contributed by atoms with Crippen LogP contribution in [0.25, 0.3) is 0 Å². The third-order valence-corrected chi connectivity index (χ3v) is 6.17. The molecule has 5 heteroatoms. The average molecular weight is 387 g/mol. The molecule has 0 aromatic heterocycles. The van der Waals surface area contributed by atoms with Crippen molar-refractivity contribution < 1.29 is 18.7 Å². The highest BCUT2D eigenvalue weighted by atomic mass is 19.1. The van der Waals surface area contributed by atoms with Gasteiger partial charge in [-0.25, -0.2) is 9.18 Å². The highest BCUT2D eigenvalue weighted by Gasteiger charge is 2.37. The summed E-state index contributed by atoms with van der Waals surface area (Å²) in [5.74, 6) is 0.940. The van der Waals surface area contributed by atoms with Gasteiger partial charge in [0.2, 0.25) is 0 Å². The van der Waals surface area contributed by atoms with Crippen LogP contribution < -0.4 is 0 Å². The third-order valence-electron chi connectivity index (χ3n) is 6.17. The summed E-state index contributed by atoms with van der Waals surface area (Å²) in [6.07, 6.45) is 5.65. The van der Waals surface area contributed by atoms with Gasteiger partial charge in [0.15, 0.2) is 5.78 Å². The second kappa shape index (κ2) is 8.46. The third kappa shape index (κ3) is 4.45. The Bertz CT molecular complexity index is 773. The van der Waals surface area contributed by atoms with E-state index in [0.717, 1.165) is 30.4 Å². The molecule has 1 amide bonds. The van der Waals surface area contributed by atoms with Crippen molar-refractivity contribution in [2.24, 2.45) is 17.8 Å². The van der Waals surface area contributed by atoms with Gasteiger partial charge in [0, 0.05) is 12.6 Å². The Kier molecular flexibility index (Phi) is 6.21. The zero-order valence-electron chi connectivity index (χ0n) is 17.2. The number of rotatable bonds is 3. The van der Waals surface area contributed by atoms with E-state index < -0.39 is 12.1 Å². The zero-order valence-corrected chi connectivity index (χ0v) is 17.2. The van der Waals surface area contributed by atoms with Crippen LogP contribution in [0.1, 0.15) is 63.6 Å². The first-order valence-electron chi connectivity index (χ1n) is 10.2. The topological polar surface area (TPSA) is 46.6 Å². The number of halogens is 1. The fourth-order valence-corrected chi connectivity index (χ4v) is 4.53. The largest absolute Gasteiger partial charge is 0.446 e. The molecule has 0 unspecified atom stereocenters. The molecule has 2 aliphatic rings. The number of nitrogens with zero attached hydrogens (tertiary/aromatic N) is 1. The van der Waals surface area contributed by atoms with Gasteiger partial charge in [-0.05, 0) is 66.9 Å². The number of hydrogen-bond donors (Lipinski definition) is 0. The van der Waals surface area contributed by atoms with Gasteiger partial charge in [-0.3, -0.25) is 9.69 Å². The van der Waals surface area contributed by atoms with Crippen molar-refractivity contribution in [1.29, 1.82) is 0 Å². The van der Waals surface area contributed by atoms with Crippen LogP contribution in [0.3, 0.4) is 0 Å². The van der Waals surface area contributed by atoms with E-state index in [9.17, 15) is 14.0 Å². The van der Waals surface area contributed by atoms with Crippen molar-refractivity contribution in [1.82, 2.24) is 4.90 Å². The summed E-state index contributed by atoms with van der Waals surface area (Å²) in [5, 5.41) is 0. The average Bonchev–Trinajstić information content (AvgIpc) is 2.61. The Balaban J connectivity index is 1.83. The van der Waals surface area contributed by atoms with E-state index in [0.29, 0.717) is 17.8 Å². The van der Waals surface area contributed by atoms with Gasteiger partial charge in [0.05, 0.1) is 6.04 Å². The quantitative estimate of drug-likeness (QED) is 0.682. The van der Waals surface area contributed by atoms with Crippen LogP contribution in [-0.2, 0) is 9.53 Å². The molecule has 1 heterocycles. The van der Waals surface area contributed by atoms with Crippen molar-refractivity contribution in [2.75, 3.05) is 0 Å². The lowest BCUT2D eigenvalue weighted by Gasteiger charge is -2.39. The molecule has 0 spiro atoms. The maximum atomic E-state index is 13.5. The first-order chi connectivity index (χ1) is 13.3. The van der Waals surface area contributed by atoms with Crippen LogP contribution >= 0.6 is 0 Å². The van der Waals surface area contributed by atoms with Gasteiger partial charge in [-0.1, -0.05) is 33.3 Å². The molecule has 1 aliphatic heterocycles. The summed E-state index contributed by atoms with van der Waals surface area (Å²) >= 11 is 0. The van der Waals surface area contributed by atoms with Gasteiger partial charge in [0.1, 0.15) is 11.9 Å². The number of hydrogen-bond acceptors (Lipinski definition) is 3. The van der Waals surface area contributed by atoms with E-state index >= 15 is 0 Å². The van der Waals surface area contributed by atoms with Gasteiger partial charge >= 0.3 is 6.09 Å². The monoisotopic (exact) mass is 387 g/mol. The number of carbonyl (C=O) groups is 2. The number of benzene rings is 1. The van der Waals surface area contributed by atoms with Crippen molar-refractivity contribution >= 4 is 11.9 Å². The molecule has 1 aliphatic carbocycles. The van der Waals surface area contributed by atoms with E-state index in [4.69, 9.17) is 4.74 Å². The standard InChI is InChI=1S/C23H30FNO3/c1-14(2)19-7-5-15(3)11-22(19)28-23(27)25-10-9-18(26)13-21(25)20-8-6-17(24)12-16(20)4/h6,8-10,12,14-15,19,21-22H,5,7,11,13H2,1-4H3/t15-,19+,21+,22-/m1/s1. The molecule has 0 N–H and O–H groups in total. The summed E-state index contributed by atoms with van der Waals surface area (Å²) in [7, 11) is 0.